The third kappa shape index (κ3) is 4.99. The first-order valence-corrected chi connectivity index (χ1v) is 13.5. The summed E-state index contributed by atoms with van der Waals surface area (Å²) in [7, 11) is 6.58. The number of hydroxylamine groups is 6. The van der Waals surface area contributed by atoms with Gasteiger partial charge in [-0.05, 0) is 18.2 Å². The Labute approximate surface area is 230 Å². The zero-order valence-corrected chi connectivity index (χ0v) is 23.1. The number of anilines is 1. The summed E-state index contributed by atoms with van der Waals surface area (Å²) in [6, 6.07) is 4.24. The summed E-state index contributed by atoms with van der Waals surface area (Å²) < 4.78 is 1.39. The number of hydrogen-bond donors (Lipinski definition) is 5. The predicted octanol–water partition coefficient (Wildman–Crippen LogP) is 2.90. The molecule has 2 aliphatic carbocycles. The molecular formula is C28H33N4O6S+3. The normalized spacial score (nSPS) is 18.1. The molecule has 0 fully saturated rings. The second-order valence-electron chi connectivity index (χ2n) is 11.0. The number of allylic oxidation sites excluding steroid dienone is 3. The number of carbonyl (C=O) groups excluding carboxylic acids is 2. The summed E-state index contributed by atoms with van der Waals surface area (Å²) in [5.74, 6) is -1.91. The maximum absolute atomic E-state index is 14.2. The molecule has 2 aromatic carbocycles. The molecule has 1 unspecified atom stereocenters. The van der Waals surface area contributed by atoms with Gasteiger partial charge in [-0.2, -0.15) is 13.9 Å². The zero-order chi connectivity index (χ0) is 28.3. The van der Waals surface area contributed by atoms with E-state index >= 15 is 0 Å². The van der Waals surface area contributed by atoms with Crippen molar-refractivity contribution in [2.75, 3.05) is 59.7 Å². The average molecular weight is 554 g/mol. The molecular weight excluding hydrogens is 520 g/mol. The van der Waals surface area contributed by atoms with Crippen molar-refractivity contribution in [3.63, 3.8) is 0 Å². The van der Waals surface area contributed by atoms with Crippen LogP contribution in [0.25, 0.3) is 0 Å². The Hall–Kier alpha value is -3.48. The number of ketones is 2. The highest BCUT2D eigenvalue weighted by atomic mass is 32.2. The minimum Gasteiger partial charge on any atom is -0.507 e. The van der Waals surface area contributed by atoms with Crippen LogP contribution in [0.4, 0.5) is 11.4 Å². The summed E-state index contributed by atoms with van der Waals surface area (Å²) in [4.78, 5) is 28.9. The van der Waals surface area contributed by atoms with Crippen LogP contribution >= 0.6 is 11.8 Å². The molecule has 204 valence electrons. The molecule has 0 radical (unpaired) electrons. The molecule has 0 saturated carbocycles. The van der Waals surface area contributed by atoms with Crippen molar-refractivity contribution in [2.24, 2.45) is 0 Å². The van der Waals surface area contributed by atoms with Crippen LogP contribution in [0, 0.1) is 0 Å². The van der Waals surface area contributed by atoms with E-state index in [1.54, 1.807) is 40.0 Å². The standard InChI is InChI=1S/C28H30N4O6S/c1-31(2,37)13-11-29-16-15-21-26(30(12-14-32(3,4)38)17-7-5-6-8-20(17)39-21)25-22(16)27(35)23-18(33)9-10-19(34)24(23)28(25)36/h5-10,15,20,37-38H,11-14H2,1-4H3/p+3. The van der Waals surface area contributed by atoms with Gasteiger partial charge in [0.05, 0.1) is 56.3 Å². The fourth-order valence-electron chi connectivity index (χ4n) is 5.06. The van der Waals surface area contributed by atoms with Crippen molar-refractivity contribution >= 4 is 40.4 Å². The van der Waals surface area contributed by atoms with E-state index in [4.69, 9.17) is 0 Å². The molecule has 0 amide bonds. The Bertz CT molecular complexity index is 1500. The number of likely N-dealkylation sites (N-methyl/N-ethyl adjacent to an activating group) is 2. The number of thioether (sulfide) groups is 1. The molecule has 0 spiro atoms. The average Bonchev–Trinajstić information content (AvgIpc) is 2.84. The first-order chi connectivity index (χ1) is 18.3. The van der Waals surface area contributed by atoms with Crippen molar-refractivity contribution in [3.05, 3.63) is 64.8 Å². The number of nitrogens with zero attached hydrogens (tertiary/aromatic N) is 3. The van der Waals surface area contributed by atoms with E-state index in [-0.39, 0.29) is 48.3 Å². The Morgan fingerprint density at radius 2 is 1.51 bits per heavy atom. The van der Waals surface area contributed by atoms with Crippen LogP contribution in [-0.4, -0.2) is 111 Å². The van der Waals surface area contributed by atoms with Crippen molar-refractivity contribution in [1.82, 2.24) is 0 Å². The summed E-state index contributed by atoms with van der Waals surface area (Å²) in [5, 5.41) is 45.1. The Morgan fingerprint density at radius 3 is 2.13 bits per heavy atom. The highest BCUT2D eigenvalue weighted by molar-refractivity contribution is 8.01. The van der Waals surface area contributed by atoms with Gasteiger partial charge in [0.1, 0.15) is 28.9 Å². The summed E-state index contributed by atoms with van der Waals surface area (Å²) in [6.45, 7) is 1.33. The molecule has 2 aromatic rings. The molecule has 0 bridgehead atoms. The summed E-state index contributed by atoms with van der Waals surface area (Å²) in [6.07, 6.45) is 7.89. The zero-order valence-electron chi connectivity index (χ0n) is 22.3. The smallest absolute Gasteiger partial charge is 0.231 e. The third-order valence-electron chi connectivity index (χ3n) is 6.97. The van der Waals surface area contributed by atoms with Crippen LogP contribution in [0.2, 0.25) is 0 Å². The van der Waals surface area contributed by atoms with E-state index in [2.05, 4.69) is 11.4 Å². The maximum Gasteiger partial charge on any atom is 0.231 e. The minimum atomic E-state index is -0.578. The van der Waals surface area contributed by atoms with Crippen LogP contribution in [0.1, 0.15) is 31.8 Å². The molecule has 10 nitrogen and oxygen atoms in total. The van der Waals surface area contributed by atoms with E-state index < -0.39 is 11.6 Å². The third-order valence-corrected chi connectivity index (χ3v) is 8.19. The molecule has 1 atom stereocenters. The van der Waals surface area contributed by atoms with E-state index in [0.29, 0.717) is 37.6 Å². The number of benzene rings is 2. The first-order valence-electron chi connectivity index (χ1n) is 12.6. The lowest BCUT2D eigenvalue weighted by molar-refractivity contribution is -1.07. The van der Waals surface area contributed by atoms with Gasteiger partial charge < -0.3 is 15.5 Å². The predicted molar refractivity (Wildman–Crippen MR) is 147 cm³/mol. The largest absolute Gasteiger partial charge is 0.507 e. The highest BCUT2D eigenvalue weighted by Crippen LogP contribution is 2.49. The molecule has 11 heteroatoms. The van der Waals surface area contributed by atoms with Gasteiger partial charge in [-0.15, -0.1) is 11.8 Å². The van der Waals surface area contributed by atoms with E-state index in [0.717, 1.165) is 10.6 Å². The summed E-state index contributed by atoms with van der Waals surface area (Å²) >= 11 is 1.54. The second kappa shape index (κ2) is 9.61. The van der Waals surface area contributed by atoms with Gasteiger partial charge in [-0.25, -0.2) is 10.4 Å². The number of nitrogens with one attached hydrogen (secondary N) is 1. The quantitative estimate of drug-likeness (QED) is 0.131. The van der Waals surface area contributed by atoms with Gasteiger partial charge in [0.15, 0.2) is 12.3 Å². The number of phenolic OH excluding ortho intramolecular Hbond substituents is 2. The topological polar surface area (TPSA) is 130 Å². The molecule has 0 saturated heterocycles. The van der Waals surface area contributed by atoms with Gasteiger partial charge in [0, 0.05) is 11.8 Å². The van der Waals surface area contributed by atoms with Gasteiger partial charge in [0.25, 0.3) is 0 Å². The monoisotopic (exact) mass is 553 g/mol. The lowest BCUT2D eigenvalue weighted by Crippen LogP contribution is -2.42. The number of carbonyl (C=O) groups is 2. The molecule has 39 heavy (non-hydrogen) atoms. The fraction of sp³-hybridized carbons (Fsp3) is 0.321. The molecule has 3 aliphatic rings. The molecule has 1 heterocycles. The van der Waals surface area contributed by atoms with Crippen LogP contribution < -0.4 is 5.32 Å². The molecule has 0 aromatic heterocycles. The van der Waals surface area contributed by atoms with Crippen molar-refractivity contribution in [1.29, 1.82) is 0 Å². The Balaban J connectivity index is 1.77. The van der Waals surface area contributed by atoms with E-state index in [1.807, 2.05) is 28.9 Å². The van der Waals surface area contributed by atoms with Crippen LogP contribution in [0.3, 0.4) is 0 Å². The van der Waals surface area contributed by atoms with Crippen molar-refractivity contribution in [2.45, 2.75) is 10.1 Å². The molecule has 5 rings (SSSR count). The van der Waals surface area contributed by atoms with Gasteiger partial charge in [-0.3, -0.25) is 9.59 Å². The fourth-order valence-corrected chi connectivity index (χ4v) is 6.34. The SMILES string of the molecule is C[N+](C)(O)CCNc1cc2c(c3c1C(=O)c1c(O)ccc(O)c1C3=O)[N+](CC[N+](C)(C)O)=C1C=CC=CC1S2. The maximum atomic E-state index is 14.2. The van der Waals surface area contributed by atoms with Gasteiger partial charge in [-0.1, -0.05) is 18.2 Å². The number of phenols is 2. The number of rotatable bonds is 7. The van der Waals surface area contributed by atoms with Crippen LogP contribution in [0.15, 0.2) is 47.4 Å². The second-order valence-corrected chi connectivity index (χ2v) is 12.2. The Morgan fingerprint density at radius 1 is 0.897 bits per heavy atom. The number of hydrogen-bond acceptors (Lipinski definition) is 8. The number of fused-ring (bicyclic) bond motifs is 5. The Kier molecular flexibility index (Phi) is 6.68. The molecule has 5 N–H and O–H groups in total. The van der Waals surface area contributed by atoms with Gasteiger partial charge >= 0.3 is 0 Å². The van der Waals surface area contributed by atoms with Crippen molar-refractivity contribution in [3.8, 4) is 11.5 Å². The van der Waals surface area contributed by atoms with Gasteiger partial charge in [0.2, 0.25) is 23.8 Å². The van der Waals surface area contributed by atoms with E-state index in [1.165, 1.54) is 12.1 Å². The minimum absolute atomic E-state index is 0.0464. The molecule has 1 aliphatic heterocycles. The summed E-state index contributed by atoms with van der Waals surface area (Å²) in [5.41, 5.74) is 1.64. The van der Waals surface area contributed by atoms with Crippen LogP contribution in [-0.2, 0) is 0 Å². The first kappa shape index (κ1) is 27.1. The lowest BCUT2D eigenvalue weighted by Gasteiger charge is -2.29. The van der Waals surface area contributed by atoms with Crippen LogP contribution in [0.5, 0.6) is 11.5 Å². The highest BCUT2D eigenvalue weighted by Gasteiger charge is 2.45. The number of quaternary nitrogens is 2. The van der Waals surface area contributed by atoms with E-state index in [9.17, 15) is 30.2 Å². The lowest BCUT2D eigenvalue weighted by atomic mass is 9.81. The number of aromatic hydroxyl groups is 2. The van der Waals surface area contributed by atoms with Crippen molar-refractivity contribution < 1.29 is 44.1 Å².